The number of aromatic nitrogens is 3. The first kappa shape index (κ1) is 15.8. The zero-order valence-corrected chi connectivity index (χ0v) is 13.8. The molecule has 1 N–H and O–H groups in total. The number of fused-ring (bicyclic) bond motifs is 1. The van der Waals surface area contributed by atoms with Crippen LogP contribution in [-0.2, 0) is 4.79 Å². The van der Waals surface area contributed by atoms with Gasteiger partial charge in [0.1, 0.15) is 18.2 Å². The van der Waals surface area contributed by atoms with Gasteiger partial charge in [0.2, 0.25) is 0 Å². The topological polar surface area (TPSA) is 88.3 Å². The van der Waals surface area contributed by atoms with Crippen molar-refractivity contribution >= 4 is 11.9 Å². The smallest absolute Gasteiger partial charge is 0.326 e. The van der Waals surface area contributed by atoms with Gasteiger partial charge >= 0.3 is 5.97 Å². The highest BCUT2D eigenvalue weighted by atomic mass is 16.4. The minimum absolute atomic E-state index is 0.0377. The Balaban J connectivity index is 1.61. The molecule has 0 aromatic carbocycles. The van der Waals surface area contributed by atoms with Crippen LogP contribution in [0, 0.1) is 5.92 Å². The number of likely N-dealkylation sites (tertiary alicyclic amines) is 1. The van der Waals surface area contributed by atoms with Gasteiger partial charge in [-0.1, -0.05) is 12.8 Å². The summed E-state index contributed by atoms with van der Waals surface area (Å²) in [5.41, 5.74) is 0.432. The van der Waals surface area contributed by atoms with Crippen molar-refractivity contribution in [1.29, 1.82) is 0 Å². The summed E-state index contributed by atoms with van der Waals surface area (Å²) in [6.45, 7) is 0. The number of amides is 1. The SMILES string of the molecule is O=C(O)C1CC2CCCCC2N1C(=O)c1ccc(-n2ccnc2)nc1. The predicted molar refractivity (Wildman–Crippen MR) is 89.3 cm³/mol. The maximum Gasteiger partial charge on any atom is 0.326 e. The van der Waals surface area contributed by atoms with Crippen molar-refractivity contribution in [2.24, 2.45) is 5.92 Å². The van der Waals surface area contributed by atoms with Crippen LogP contribution in [0.15, 0.2) is 37.1 Å². The van der Waals surface area contributed by atoms with Gasteiger partial charge in [-0.25, -0.2) is 14.8 Å². The lowest BCUT2D eigenvalue weighted by molar-refractivity contribution is -0.141. The highest BCUT2D eigenvalue weighted by molar-refractivity contribution is 5.97. The van der Waals surface area contributed by atoms with Gasteiger partial charge in [0.05, 0.1) is 5.56 Å². The lowest BCUT2D eigenvalue weighted by Crippen LogP contribution is -2.46. The summed E-state index contributed by atoms with van der Waals surface area (Å²) in [5, 5.41) is 9.58. The van der Waals surface area contributed by atoms with E-state index in [1.807, 2.05) is 0 Å². The molecular weight excluding hydrogens is 320 g/mol. The number of nitrogens with zero attached hydrogens (tertiary/aromatic N) is 4. The summed E-state index contributed by atoms with van der Waals surface area (Å²) in [7, 11) is 0. The number of hydrogen-bond donors (Lipinski definition) is 1. The van der Waals surface area contributed by atoms with Crippen molar-refractivity contribution < 1.29 is 14.7 Å². The zero-order chi connectivity index (χ0) is 17.4. The summed E-state index contributed by atoms with van der Waals surface area (Å²) in [4.78, 5) is 34.6. The first-order valence-corrected chi connectivity index (χ1v) is 8.65. The molecule has 0 radical (unpaired) electrons. The van der Waals surface area contributed by atoms with Crippen molar-refractivity contribution in [2.75, 3.05) is 0 Å². The van der Waals surface area contributed by atoms with E-state index in [9.17, 15) is 14.7 Å². The van der Waals surface area contributed by atoms with E-state index < -0.39 is 12.0 Å². The largest absolute Gasteiger partial charge is 0.480 e. The van der Waals surface area contributed by atoms with E-state index in [1.54, 1.807) is 40.3 Å². The lowest BCUT2D eigenvalue weighted by Gasteiger charge is -2.33. The van der Waals surface area contributed by atoms with E-state index in [2.05, 4.69) is 9.97 Å². The Morgan fingerprint density at radius 1 is 1.20 bits per heavy atom. The normalized spacial score (nSPS) is 25.6. The maximum absolute atomic E-state index is 13.0. The number of hydrogen-bond acceptors (Lipinski definition) is 4. The molecule has 0 spiro atoms. The second-order valence-corrected chi connectivity index (χ2v) is 6.79. The summed E-state index contributed by atoms with van der Waals surface area (Å²) >= 11 is 0. The summed E-state index contributed by atoms with van der Waals surface area (Å²) < 4.78 is 1.75. The van der Waals surface area contributed by atoms with Crippen LogP contribution in [0.25, 0.3) is 5.82 Å². The van der Waals surface area contributed by atoms with Crippen LogP contribution in [0.5, 0.6) is 0 Å². The molecular formula is C18H20N4O3. The van der Waals surface area contributed by atoms with Crippen LogP contribution in [0.3, 0.4) is 0 Å². The van der Waals surface area contributed by atoms with Gasteiger partial charge in [0, 0.05) is 24.6 Å². The highest BCUT2D eigenvalue weighted by Crippen LogP contribution is 2.40. The Morgan fingerprint density at radius 2 is 2.04 bits per heavy atom. The number of carbonyl (C=O) groups is 2. The van der Waals surface area contributed by atoms with Crippen LogP contribution < -0.4 is 0 Å². The molecule has 1 aliphatic carbocycles. The molecule has 3 unspecified atom stereocenters. The van der Waals surface area contributed by atoms with E-state index in [4.69, 9.17) is 0 Å². The molecule has 7 heteroatoms. The van der Waals surface area contributed by atoms with Gasteiger partial charge in [-0.3, -0.25) is 9.36 Å². The van der Waals surface area contributed by atoms with Crippen molar-refractivity contribution in [1.82, 2.24) is 19.4 Å². The number of aliphatic carboxylic acids is 1. The van der Waals surface area contributed by atoms with Crippen molar-refractivity contribution in [2.45, 2.75) is 44.2 Å². The minimum Gasteiger partial charge on any atom is -0.480 e. The second kappa shape index (κ2) is 6.31. The van der Waals surface area contributed by atoms with Gasteiger partial charge in [-0.15, -0.1) is 0 Å². The fraction of sp³-hybridized carbons (Fsp3) is 0.444. The van der Waals surface area contributed by atoms with Crippen LogP contribution in [-0.4, -0.2) is 48.5 Å². The van der Waals surface area contributed by atoms with Crippen LogP contribution in [0.2, 0.25) is 0 Å². The molecule has 4 rings (SSSR count). The average molecular weight is 340 g/mol. The number of rotatable bonds is 3. The Morgan fingerprint density at radius 3 is 2.72 bits per heavy atom. The van der Waals surface area contributed by atoms with E-state index in [-0.39, 0.29) is 11.9 Å². The molecule has 3 heterocycles. The van der Waals surface area contributed by atoms with Gasteiger partial charge < -0.3 is 10.0 Å². The molecule has 130 valence electrons. The summed E-state index contributed by atoms with van der Waals surface area (Å²) in [6, 6.07) is 2.77. The average Bonchev–Trinajstić information content (AvgIpc) is 3.29. The van der Waals surface area contributed by atoms with Gasteiger partial charge in [0.25, 0.3) is 5.91 Å². The van der Waals surface area contributed by atoms with Crippen LogP contribution in [0.4, 0.5) is 0 Å². The van der Waals surface area contributed by atoms with Gasteiger partial charge in [-0.2, -0.15) is 0 Å². The van der Waals surface area contributed by atoms with Gasteiger partial charge in [0.15, 0.2) is 0 Å². The van der Waals surface area contributed by atoms with Crippen molar-refractivity contribution in [3.63, 3.8) is 0 Å². The zero-order valence-electron chi connectivity index (χ0n) is 13.8. The molecule has 2 aromatic rings. The lowest BCUT2D eigenvalue weighted by atomic mass is 9.84. The fourth-order valence-corrected chi connectivity index (χ4v) is 4.18. The van der Waals surface area contributed by atoms with Crippen molar-refractivity contribution in [3.05, 3.63) is 42.6 Å². The fourth-order valence-electron chi connectivity index (χ4n) is 4.18. The molecule has 1 aliphatic heterocycles. The molecule has 2 fully saturated rings. The molecule has 7 nitrogen and oxygen atoms in total. The monoisotopic (exact) mass is 340 g/mol. The molecule has 1 amide bonds. The Kier molecular flexibility index (Phi) is 3.99. The molecule has 0 bridgehead atoms. The summed E-state index contributed by atoms with van der Waals surface area (Å²) in [5.74, 6) is -0.171. The first-order chi connectivity index (χ1) is 12.1. The van der Waals surface area contributed by atoms with Gasteiger partial charge in [-0.05, 0) is 37.3 Å². The van der Waals surface area contributed by atoms with E-state index in [0.29, 0.717) is 23.7 Å². The standard InChI is InChI=1S/C18H20N4O3/c23-17(13-5-6-16(20-10-13)21-8-7-19-11-21)22-14-4-2-1-3-12(14)9-15(22)18(24)25/h5-8,10-12,14-15H,1-4,9H2,(H,24,25). The molecule has 3 atom stereocenters. The first-order valence-electron chi connectivity index (χ1n) is 8.65. The number of carboxylic acids is 1. The molecule has 1 saturated heterocycles. The molecule has 1 saturated carbocycles. The predicted octanol–water partition coefficient (Wildman–Crippen LogP) is 2.13. The molecule has 2 aliphatic rings. The Hall–Kier alpha value is -2.70. The second-order valence-electron chi connectivity index (χ2n) is 6.79. The number of imidazole rings is 1. The maximum atomic E-state index is 13.0. The molecule has 25 heavy (non-hydrogen) atoms. The van der Waals surface area contributed by atoms with Crippen LogP contribution >= 0.6 is 0 Å². The summed E-state index contributed by atoms with van der Waals surface area (Å²) in [6.07, 6.45) is 11.2. The third-order valence-electron chi connectivity index (χ3n) is 5.37. The minimum atomic E-state index is -0.911. The van der Waals surface area contributed by atoms with E-state index >= 15 is 0 Å². The highest BCUT2D eigenvalue weighted by Gasteiger charge is 2.47. The van der Waals surface area contributed by atoms with Crippen LogP contribution in [0.1, 0.15) is 42.5 Å². The number of carbonyl (C=O) groups excluding carboxylic acids is 1. The van der Waals surface area contributed by atoms with E-state index in [1.165, 1.54) is 6.20 Å². The third kappa shape index (κ3) is 2.79. The number of pyridine rings is 1. The quantitative estimate of drug-likeness (QED) is 0.924. The molecule has 2 aromatic heterocycles. The van der Waals surface area contributed by atoms with Crippen molar-refractivity contribution in [3.8, 4) is 5.82 Å². The third-order valence-corrected chi connectivity index (χ3v) is 5.37. The Bertz CT molecular complexity index is 772. The van der Waals surface area contributed by atoms with E-state index in [0.717, 1.165) is 25.7 Å². The number of carboxylic acid groups (broad SMARTS) is 1. The Labute approximate surface area is 145 Å².